The van der Waals surface area contributed by atoms with E-state index in [1.165, 1.54) is 49.5 Å². The van der Waals surface area contributed by atoms with Crippen molar-refractivity contribution >= 4 is 31.4 Å². The second-order valence-electron chi connectivity index (χ2n) is 6.01. The maximum absolute atomic E-state index is 12.4. The largest absolute Gasteiger partial charge is 0.488 e. The van der Waals surface area contributed by atoms with E-state index in [2.05, 4.69) is 5.32 Å². The molecule has 10 heteroatoms. The molecule has 1 amide bonds. The molecule has 1 aliphatic rings. The third-order valence-corrected chi connectivity index (χ3v) is 6.37. The number of fused-ring (bicyclic) bond motifs is 1. The third-order valence-electron chi connectivity index (χ3n) is 3.98. The first-order chi connectivity index (χ1) is 13.1. The molecule has 0 spiro atoms. The van der Waals surface area contributed by atoms with Crippen LogP contribution in [0.3, 0.4) is 0 Å². The lowest BCUT2D eigenvalue weighted by molar-refractivity contribution is -0.116. The summed E-state index contributed by atoms with van der Waals surface area (Å²) in [5, 5.41) is 2.48. The number of benzene rings is 2. The molecule has 0 fully saturated rings. The van der Waals surface area contributed by atoms with E-state index in [-0.39, 0.29) is 28.1 Å². The normalized spacial score (nSPS) is 15.0. The zero-order valence-electron chi connectivity index (χ0n) is 15.0. The highest BCUT2D eigenvalue weighted by Crippen LogP contribution is 2.36. The van der Waals surface area contributed by atoms with E-state index >= 15 is 0 Å². The number of carbonyl (C=O) groups excluding carboxylic acids is 1. The van der Waals surface area contributed by atoms with Gasteiger partial charge in [-0.05, 0) is 36.4 Å². The van der Waals surface area contributed by atoms with Gasteiger partial charge in [0.05, 0.1) is 4.90 Å². The molecule has 2 aromatic carbocycles. The maximum Gasteiger partial charge on any atom is 0.339 e. The Morgan fingerprint density at radius 2 is 1.71 bits per heavy atom. The van der Waals surface area contributed by atoms with Crippen LogP contribution in [0.15, 0.2) is 58.3 Å². The number of rotatable bonds is 5. The second kappa shape index (κ2) is 7.28. The SMILES string of the molecule is CNC(=O)/C=C1/COc2cc(OS(=O)(=O)c3ccc(S(C)(=O)=O)cc3)ccc21. The summed E-state index contributed by atoms with van der Waals surface area (Å²) in [7, 11) is -6.08. The Hall–Kier alpha value is -2.85. The summed E-state index contributed by atoms with van der Waals surface area (Å²) in [6.07, 6.45) is 2.44. The van der Waals surface area contributed by atoms with Gasteiger partial charge in [0.1, 0.15) is 23.0 Å². The van der Waals surface area contributed by atoms with E-state index in [1.54, 1.807) is 6.07 Å². The van der Waals surface area contributed by atoms with Gasteiger partial charge in [-0.2, -0.15) is 8.42 Å². The average Bonchev–Trinajstić information content (AvgIpc) is 3.02. The number of hydrogen-bond acceptors (Lipinski definition) is 7. The first-order valence-electron chi connectivity index (χ1n) is 8.04. The Labute approximate surface area is 162 Å². The van der Waals surface area contributed by atoms with Crippen LogP contribution < -0.4 is 14.2 Å². The van der Waals surface area contributed by atoms with E-state index in [0.717, 1.165) is 6.26 Å². The summed E-state index contributed by atoms with van der Waals surface area (Å²) in [5.74, 6) is 0.161. The minimum Gasteiger partial charge on any atom is -0.488 e. The molecule has 1 aliphatic heterocycles. The predicted molar refractivity (Wildman–Crippen MR) is 101 cm³/mol. The molecule has 0 saturated carbocycles. The van der Waals surface area contributed by atoms with Crippen molar-refractivity contribution < 1.29 is 30.6 Å². The summed E-state index contributed by atoms with van der Waals surface area (Å²) >= 11 is 0. The van der Waals surface area contributed by atoms with Gasteiger partial charge < -0.3 is 14.2 Å². The number of likely N-dealkylation sites (N-methyl/N-ethyl adjacent to an activating group) is 1. The number of carbonyl (C=O) groups is 1. The fraction of sp³-hybridized carbons (Fsp3) is 0.167. The summed E-state index contributed by atoms with van der Waals surface area (Å²) in [6.45, 7) is 0.186. The Kier molecular flexibility index (Phi) is 5.18. The molecule has 0 radical (unpaired) electrons. The van der Waals surface area contributed by atoms with Gasteiger partial charge in [0, 0.05) is 36.6 Å². The molecule has 0 saturated heterocycles. The molecular weight excluding hydrogens is 406 g/mol. The minimum atomic E-state index is -4.16. The van der Waals surface area contributed by atoms with E-state index in [9.17, 15) is 21.6 Å². The molecule has 0 aliphatic carbocycles. The number of nitrogens with one attached hydrogen (secondary N) is 1. The van der Waals surface area contributed by atoms with Gasteiger partial charge >= 0.3 is 10.1 Å². The van der Waals surface area contributed by atoms with E-state index < -0.39 is 20.0 Å². The number of ether oxygens (including phenoxy) is 1. The first kappa shape index (κ1) is 19.9. The van der Waals surface area contributed by atoms with Gasteiger partial charge in [0.15, 0.2) is 9.84 Å². The van der Waals surface area contributed by atoms with Crippen molar-refractivity contribution in [1.82, 2.24) is 5.32 Å². The van der Waals surface area contributed by atoms with Crippen LogP contribution in [0.25, 0.3) is 5.57 Å². The van der Waals surface area contributed by atoms with E-state index in [0.29, 0.717) is 16.9 Å². The summed E-state index contributed by atoms with van der Waals surface area (Å²) in [5.41, 5.74) is 1.34. The molecule has 0 atom stereocenters. The predicted octanol–water partition coefficient (Wildman–Crippen LogP) is 1.38. The lowest BCUT2D eigenvalue weighted by atomic mass is 10.1. The molecular formula is C18H17NO7S2. The van der Waals surface area contributed by atoms with Crippen molar-refractivity contribution in [3.8, 4) is 11.5 Å². The molecule has 1 N–H and O–H groups in total. The van der Waals surface area contributed by atoms with Crippen molar-refractivity contribution in [3.05, 3.63) is 54.1 Å². The van der Waals surface area contributed by atoms with Crippen molar-refractivity contribution in [2.45, 2.75) is 9.79 Å². The minimum absolute atomic E-state index is 0.00723. The highest BCUT2D eigenvalue weighted by atomic mass is 32.2. The monoisotopic (exact) mass is 423 g/mol. The van der Waals surface area contributed by atoms with Gasteiger partial charge in [0.2, 0.25) is 5.91 Å². The van der Waals surface area contributed by atoms with Gasteiger partial charge in [-0.25, -0.2) is 8.42 Å². The standard InChI is InChI=1S/C18H17NO7S2/c1-19-18(20)9-12-11-25-17-10-13(3-8-16(12)17)26-28(23,24)15-6-4-14(5-7-15)27(2,21)22/h3-10H,11H2,1-2H3,(H,19,20)/b12-9-. The molecule has 0 unspecified atom stereocenters. The molecule has 0 bridgehead atoms. The van der Waals surface area contributed by atoms with Crippen LogP contribution in [0.5, 0.6) is 11.5 Å². The number of sulfone groups is 1. The fourth-order valence-corrected chi connectivity index (χ4v) is 4.10. The van der Waals surface area contributed by atoms with Crippen LogP contribution in [-0.2, 0) is 24.7 Å². The number of hydrogen-bond donors (Lipinski definition) is 1. The molecule has 2 aromatic rings. The zero-order valence-corrected chi connectivity index (χ0v) is 16.6. The van der Waals surface area contributed by atoms with Gasteiger partial charge in [0.25, 0.3) is 0 Å². The van der Waals surface area contributed by atoms with Gasteiger partial charge in [-0.15, -0.1) is 0 Å². The van der Waals surface area contributed by atoms with E-state index in [1.807, 2.05) is 0 Å². The van der Waals surface area contributed by atoms with Crippen LogP contribution in [0.2, 0.25) is 0 Å². The third kappa shape index (κ3) is 4.18. The lowest BCUT2D eigenvalue weighted by Crippen LogP contribution is -2.15. The Morgan fingerprint density at radius 1 is 1.07 bits per heavy atom. The maximum atomic E-state index is 12.4. The van der Waals surface area contributed by atoms with Crippen molar-refractivity contribution in [2.75, 3.05) is 19.9 Å². The summed E-state index contributed by atoms with van der Waals surface area (Å²) in [4.78, 5) is 11.3. The quantitative estimate of drug-likeness (QED) is 0.570. The Bertz CT molecular complexity index is 1160. The highest BCUT2D eigenvalue weighted by Gasteiger charge is 2.22. The van der Waals surface area contributed by atoms with Gasteiger partial charge in [-0.3, -0.25) is 4.79 Å². The van der Waals surface area contributed by atoms with Crippen LogP contribution in [0.4, 0.5) is 0 Å². The van der Waals surface area contributed by atoms with Crippen LogP contribution in [0.1, 0.15) is 5.56 Å². The molecule has 1 heterocycles. The second-order valence-corrected chi connectivity index (χ2v) is 9.57. The molecule has 3 rings (SSSR count). The molecule has 28 heavy (non-hydrogen) atoms. The van der Waals surface area contributed by atoms with E-state index in [4.69, 9.17) is 8.92 Å². The average molecular weight is 423 g/mol. The van der Waals surface area contributed by atoms with Gasteiger partial charge in [-0.1, -0.05) is 0 Å². The summed E-state index contributed by atoms with van der Waals surface area (Å²) in [6, 6.07) is 9.21. The van der Waals surface area contributed by atoms with Crippen LogP contribution >= 0.6 is 0 Å². The first-order valence-corrected chi connectivity index (χ1v) is 11.3. The van der Waals surface area contributed by atoms with Crippen molar-refractivity contribution in [3.63, 3.8) is 0 Å². The molecule has 8 nitrogen and oxygen atoms in total. The zero-order chi connectivity index (χ0) is 20.5. The van der Waals surface area contributed by atoms with Crippen molar-refractivity contribution in [2.24, 2.45) is 0 Å². The number of amides is 1. The molecule has 148 valence electrons. The highest BCUT2D eigenvalue weighted by molar-refractivity contribution is 7.90. The summed E-state index contributed by atoms with van der Waals surface area (Å²) < 4.78 is 58.4. The van der Waals surface area contributed by atoms with Crippen LogP contribution in [0, 0.1) is 0 Å². The Balaban J connectivity index is 1.84. The van der Waals surface area contributed by atoms with Crippen molar-refractivity contribution in [1.29, 1.82) is 0 Å². The topological polar surface area (TPSA) is 116 Å². The fourth-order valence-electron chi connectivity index (χ4n) is 2.55. The smallest absolute Gasteiger partial charge is 0.339 e. The lowest BCUT2D eigenvalue weighted by Gasteiger charge is -2.09. The Morgan fingerprint density at radius 3 is 2.32 bits per heavy atom. The van der Waals surface area contributed by atoms with Crippen LogP contribution in [-0.4, -0.2) is 42.7 Å². The molecule has 0 aromatic heterocycles.